The number of hydrogen-bond acceptors (Lipinski definition) is 4. The molecule has 2 aromatic carbocycles. The van der Waals surface area contributed by atoms with Crippen molar-refractivity contribution in [3.05, 3.63) is 64.4 Å². The minimum atomic E-state index is -0.327. The van der Waals surface area contributed by atoms with Crippen molar-refractivity contribution in [2.24, 2.45) is 0 Å². The predicted octanol–water partition coefficient (Wildman–Crippen LogP) is 3.31. The van der Waals surface area contributed by atoms with Crippen LogP contribution in [-0.4, -0.2) is 55.5 Å². The van der Waals surface area contributed by atoms with Gasteiger partial charge in [0.05, 0.1) is 7.11 Å². The fourth-order valence-electron chi connectivity index (χ4n) is 3.42. The lowest BCUT2D eigenvalue weighted by Crippen LogP contribution is -2.46. The highest BCUT2D eigenvalue weighted by Gasteiger charge is 2.18. The molecule has 2 aromatic rings. The molecule has 0 bridgehead atoms. The Morgan fingerprint density at radius 1 is 1.14 bits per heavy atom. The van der Waals surface area contributed by atoms with Gasteiger partial charge in [-0.2, -0.15) is 0 Å². The van der Waals surface area contributed by atoms with Crippen LogP contribution in [0.25, 0.3) is 0 Å². The number of carbonyl (C=O) groups is 1. The zero-order valence-corrected chi connectivity index (χ0v) is 17.4. The van der Waals surface area contributed by atoms with Gasteiger partial charge in [0.1, 0.15) is 0 Å². The summed E-state index contributed by atoms with van der Waals surface area (Å²) in [5.74, 6) is -0.0288. The topological polar surface area (TPSA) is 44.8 Å². The van der Waals surface area contributed by atoms with Crippen molar-refractivity contribution in [1.82, 2.24) is 15.1 Å². The Morgan fingerprint density at radius 2 is 1.86 bits per heavy atom. The van der Waals surface area contributed by atoms with Crippen LogP contribution < -0.4 is 10.1 Å². The first-order chi connectivity index (χ1) is 14.0. The Hall–Kier alpha value is -2.15. The molecule has 1 amide bonds. The number of methoxy groups -OCH3 is 1. The Labute approximate surface area is 176 Å². The van der Waals surface area contributed by atoms with E-state index in [0.717, 1.165) is 43.9 Å². The van der Waals surface area contributed by atoms with Crippen LogP contribution in [0.2, 0.25) is 5.02 Å². The lowest BCUT2D eigenvalue weighted by molar-refractivity contribution is -0.121. The van der Waals surface area contributed by atoms with Gasteiger partial charge >= 0.3 is 0 Å². The highest BCUT2D eigenvalue weighted by Crippen LogP contribution is 2.19. The molecule has 1 aliphatic rings. The van der Waals surface area contributed by atoms with Gasteiger partial charge in [0.15, 0.2) is 11.6 Å². The molecule has 5 nitrogen and oxygen atoms in total. The number of rotatable bonds is 8. The maximum absolute atomic E-state index is 13.8. The fraction of sp³-hybridized carbons (Fsp3) is 0.409. The maximum atomic E-state index is 13.8. The Bertz CT molecular complexity index is 825. The van der Waals surface area contributed by atoms with Gasteiger partial charge in [-0.15, -0.1) is 0 Å². The number of halogens is 2. The molecular formula is C22H27ClFN3O2. The van der Waals surface area contributed by atoms with Gasteiger partial charge in [0, 0.05) is 57.3 Å². The average molecular weight is 420 g/mol. The number of hydrogen-bond donors (Lipinski definition) is 1. The van der Waals surface area contributed by atoms with E-state index in [1.54, 1.807) is 6.07 Å². The average Bonchev–Trinajstić information content (AvgIpc) is 2.73. The number of carbonyl (C=O) groups excluding carboxylic acids is 1. The molecular weight excluding hydrogens is 393 g/mol. The van der Waals surface area contributed by atoms with Crippen molar-refractivity contribution in [2.45, 2.75) is 19.5 Å². The van der Waals surface area contributed by atoms with Gasteiger partial charge < -0.3 is 15.0 Å². The number of piperazine rings is 1. The molecule has 1 heterocycles. The quantitative estimate of drug-likeness (QED) is 0.713. The molecule has 0 unspecified atom stereocenters. The number of benzene rings is 2. The van der Waals surface area contributed by atoms with Crippen LogP contribution in [0.5, 0.6) is 5.75 Å². The largest absolute Gasteiger partial charge is 0.494 e. The molecule has 1 fully saturated rings. The van der Waals surface area contributed by atoms with Gasteiger partial charge in [0.2, 0.25) is 5.91 Å². The number of amides is 1. The van der Waals surface area contributed by atoms with E-state index in [2.05, 4.69) is 15.1 Å². The van der Waals surface area contributed by atoms with Crippen molar-refractivity contribution < 1.29 is 13.9 Å². The van der Waals surface area contributed by atoms with Crippen LogP contribution in [0.3, 0.4) is 0 Å². The van der Waals surface area contributed by atoms with Crippen molar-refractivity contribution >= 4 is 17.5 Å². The summed E-state index contributed by atoms with van der Waals surface area (Å²) in [6, 6.07) is 12.6. The van der Waals surface area contributed by atoms with Crippen molar-refractivity contribution in [2.75, 3.05) is 39.8 Å². The van der Waals surface area contributed by atoms with Crippen LogP contribution in [0.4, 0.5) is 4.39 Å². The predicted molar refractivity (Wildman–Crippen MR) is 113 cm³/mol. The number of nitrogens with zero attached hydrogens (tertiary/aromatic N) is 2. The maximum Gasteiger partial charge on any atom is 0.221 e. The fourth-order valence-corrected chi connectivity index (χ4v) is 3.62. The van der Waals surface area contributed by atoms with Crippen LogP contribution in [0, 0.1) is 5.82 Å². The van der Waals surface area contributed by atoms with Crippen LogP contribution in [-0.2, 0) is 17.9 Å². The molecule has 7 heteroatoms. The van der Waals surface area contributed by atoms with Gasteiger partial charge in [-0.25, -0.2) is 4.39 Å². The lowest BCUT2D eigenvalue weighted by Gasteiger charge is -2.34. The highest BCUT2D eigenvalue weighted by molar-refractivity contribution is 6.31. The second kappa shape index (κ2) is 10.6. The molecule has 3 rings (SSSR count). The molecule has 0 radical (unpaired) electrons. The van der Waals surface area contributed by atoms with Crippen LogP contribution in [0.1, 0.15) is 17.5 Å². The zero-order valence-electron chi connectivity index (χ0n) is 16.7. The Morgan fingerprint density at radius 3 is 2.55 bits per heavy atom. The third-order valence-corrected chi connectivity index (χ3v) is 5.54. The summed E-state index contributed by atoms with van der Waals surface area (Å²) in [7, 11) is 1.47. The van der Waals surface area contributed by atoms with Gasteiger partial charge in [-0.1, -0.05) is 35.9 Å². The molecule has 1 saturated heterocycles. The number of nitrogens with one attached hydrogen (secondary N) is 1. The van der Waals surface area contributed by atoms with Crippen molar-refractivity contribution in [3.8, 4) is 5.75 Å². The number of ether oxygens (including phenoxy) is 1. The normalized spacial score (nSPS) is 15.3. The smallest absolute Gasteiger partial charge is 0.221 e. The molecule has 156 valence electrons. The van der Waals surface area contributed by atoms with Crippen LogP contribution >= 0.6 is 11.6 Å². The standard InChI is InChI=1S/C22H27ClFN3O2/c1-29-21-7-6-17(14-20(21)24)16-27-12-10-26(11-13-27)9-8-22(28)25-15-18-4-2-3-5-19(18)23/h2-7,14H,8-13,15-16H2,1H3,(H,25,28). The van der Waals surface area contributed by atoms with Gasteiger partial charge in [-0.05, 0) is 29.3 Å². The zero-order chi connectivity index (χ0) is 20.6. The first-order valence-electron chi connectivity index (χ1n) is 9.82. The molecule has 0 spiro atoms. The summed E-state index contributed by atoms with van der Waals surface area (Å²) >= 11 is 6.11. The molecule has 1 aliphatic heterocycles. The lowest BCUT2D eigenvalue weighted by atomic mass is 10.1. The summed E-state index contributed by atoms with van der Waals surface area (Å²) in [5, 5.41) is 3.60. The monoisotopic (exact) mass is 419 g/mol. The van der Waals surface area contributed by atoms with Crippen LogP contribution in [0.15, 0.2) is 42.5 Å². The van der Waals surface area contributed by atoms with E-state index < -0.39 is 0 Å². The first kappa shape index (κ1) is 21.6. The third kappa shape index (κ3) is 6.42. The second-order valence-electron chi connectivity index (χ2n) is 7.20. The molecule has 1 N–H and O–H groups in total. The molecule has 0 aliphatic carbocycles. The van der Waals surface area contributed by atoms with E-state index in [4.69, 9.17) is 16.3 Å². The summed E-state index contributed by atoms with van der Waals surface area (Å²) < 4.78 is 18.8. The van der Waals surface area contributed by atoms with Gasteiger partial charge in [0.25, 0.3) is 0 Å². The first-order valence-corrected chi connectivity index (χ1v) is 10.2. The third-order valence-electron chi connectivity index (χ3n) is 5.18. The Balaban J connectivity index is 1.36. The van der Waals surface area contributed by atoms with E-state index in [-0.39, 0.29) is 17.5 Å². The van der Waals surface area contributed by atoms with E-state index in [1.165, 1.54) is 13.2 Å². The summed E-state index contributed by atoms with van der Waals surface area (Å²) in [5.41, 5.74) is 1.86. The van der Waals surface area contributed by atoms with E-state index in [9.17, 15) is 9.18 Å². The minimum absolute atomic E-state index is 0.0288. The van der Waals surface area contributed by atoms with E-state index in [1.807, 2.05) is 30.3 Å². The summed E-state index contributed by atoms with van der Waals surface area (Å²) in [4.78, 5) is 16.7. The Kier molecular flexibility index (Phi) is 7.86. The molecule has 0 atom stereocenters. The molecule has 0 saturated carbocycles. The molecule has 0 aromatic heterocycles. The summed E-state index contributed by atoms with van der Waals surface area (Å²) in [6.45, 7) is 5.49. The van der Waals surface area contributed by atoms with Gasteiger partial charge in [-0.3, -0.25) is 9.69 Å². The SMILES string of the molecule is COc1ccc(CN2CCN(CCC(=O)NCc3ccccc3Cl)CC2)cc1F. The highest BCUT2D eigenvalue weighted by atomic mass is 35.5. The second-order valence-corrected chi connectivity index (χ2v) is 7.61. The molecule has 29 heavy (non-hydrogen) atoms. The summed E-state index contributed by atoms with van der Waals surface area (Å²) in [6.07, 6.45) is 0.466. The van der Waals surface area contributed by atoms with Crippen molar-refractivity contribution in [1.29, 1.82) is 0 Å². The van der Waals surface area contributed by atoms with Crippen molar-refractivity contribution in [3.63, 3.8) is 0 Å². The van der Waals surface area contributed by atoms with E-state index >= 15 is 0 Å². The van der Waals surface area contributed by atoms with E-state index in [0.29, 0.717) is 24.5 Å². The minimum Gasteiger partial charge on any atom is -0.494 e.